The molecule has 0 aliphatic carbocycles. The lowest BCUT2D eigenvalue weighted by Crippen LogP contribution is -2.38. The molecule has 0 spiro atoms. The number of likely N-dealkylation sites (tertiary alicyclic amines) is 1. The Bertz CT molecular complexity index is 613. The lowest BCUT2D eigenvalue weighted by molar-refractivity contribution is 0.0827. The van der Waals surface area contributed by atoms with Crippen molar-refractivity contribution in [2.24, 2.45) is 5.92 Å². The van der Waals surface area contributed by atoms with Crippen LogP contribution < -0.4 is 0 Å². The lowest BCUT2D eigenvalue weighted by Gasteiger charge is -2.34. The third kappa shape index (κ3) is 5.07. The Morgan fingerprint density at radius 2 is 1.83 bits per heavy atom. The van der Waals surface area contributed by atoms with Gasteiger partial charge in [-0.25, -0.2) is 0 Å². The Morgan fingerprint density at radius 1 is 1.08 bits per heavy atom. The van der Waals surface area contributed by atoms with Gasteiger partial charge in [0.15, 0.2) is 0 Å². The molecule has 3 heteroatoms. The van der Waals surface area contributed by atoms with E-state index in [0.29, 0.717) is 11.6 Å². The number of piperidine rings is 1. The molecule has 1 saturated heterocycles. The van der Waals surface area contributed by atoms with Gasteiger partial charge in [-0.05, 0) is 61.4 Å². The fraction of sp³-hybridized carbons (Fsp3) is 0.429. The SMILES string of the molecule is OC(CN1CCCC(CCc2ccccc2)C1)c1ccc(Cl)cc1. The molecule has 0 saturated carbocycles. The number of benzene rings is 2. The largest absolute Gasteiger partial charge is 0.387 e. The topological polar surface area (TPSA) is 23.5 Å². The highest BCUT2D eigenvalue weighted by molar-refractivity contribution is 6.30. The molecule has 2 unspecified atom stereocenters. The quantitative estimate of drug-likeness (QED) is 0.820. The van der Waals surface area contributed by atoms with Crippen LogP contribution in [-0.2, 0) is 6.42 Å². The molecular formula is C21H26ClNO. The number of hydrogen-bond donors (Lipinski definition) is 1. The van der Waals surface area contributed by atoms with Crippen LogP contribution in [0.1, 0.15) is 36.5 Å². The van der Waals surface area contributed by atoms with Gasteiger partial charge in [0.05, 0.1) is 6.10 Å². The van der Waals surface area contributed by atoms with Gasteiger partial charge in [-0.2, -0.15) is 0 Å². The van der Waals surface area contributed by atoms with Crippen LogP contribution in [0.2, 0.25) is 5.02 Å². The highest BCUT2D eigenvalue weighted by Crippen LogP contribution is 2.24. The molecule has 1 aliphatic rings. The van der Waals surface area contributed by atoms with Crippen LogP contribution in [0.15, 0.2) is 54.6 Å². The molecule has 0 amide bonds. The molecule has 0 aromatic heterocycles. The van der Waals surface area contributed by atoms with E-state index in [0.717, 1.165) is 31.0 Å². The van der Waals surface area contributed by atoms with E-state index >= 15 is 0 Å². The van der Waals surface area contributed by atoms with Crippen molar-refractivity contribution in [3.05, 3.63) is 70.7 Å². The Labute approximate surface area is 150 Å². The van der Waals surface area contributed by atoms with E-state index in [2.05, 4.69) is 35.2 Å². The Morgan fingerprint density at radius 3 is 2.58 bits per heavy atom. The van der Waals surface area contributed by atoms with Gasteiger partial charge in [-0.15, -0.1) is 0 Å². The minimum absolute atomic E-state index is 0.435. The fourth-order valence-electron chi connectivity index (χ4n) is 3.60. The molecule has 2 aromatic carbocycles. The van der Waals surface area contributed by atoms with Crippen LogP contribution in [0.25, 0.3) is 0 Å². The van der Waals surface area contributed by atoms with E-state index in [1.165, 1.54) is 24.8 Å². The van der Waals surface area contributed by atoms with Crippen LogP contribution >= 0.6 is 11.6 Å². The number of hydrogen-bond acceptors (Lipinski definition) is 2. The molecule has 128 valence electrons. The first-order valence-corrected chi connectivity index (χ1v) is 9.28. The Hall–Kier alpha value is -1.35. The minimum Gasteiger partial charge on any atom is -0.387 e. The summed E-state index contributed by atoms with van der Waals surface area (Å²) in [7, 11) is 0. The minimum atomic E-state index is -0.435. The predicted octanol–water partition coefficient (Wildman–Crippen LogP) is 4.72. The molecule has 1 heterocycles. The number of rotatable bonds is 6. The van der Waals surface area contributed by atoms with Crippen LogP contribution in [-0.4, -0.2) is 29.6 Å². The van der Waals surface area contributed by atoms with Gasteiger partial charge in [0, 0.05) is 18.1 Å². The second kappa shape index (κ2) is 8.66. The molecule has 3 rings (SSSR count). The van der Waals surface area contributed by atoms with Crippen molar-refractivity contribution >= 4 is 11.6 Å². The molecule has 0 radical (unpaired) electrons. The number of aryl methyl sites for hydroxylation is 1. The average molecular weight is 344 g/mol. The molecular weight excluding hydrogens is 318 g/mol. The average Bonchev–Trinajstić information content (AvgIpc) is 2.62. The van der Waals surface area contributed by atoms with Crippen LogP contribution in [0, 0.1) is 5.92 Å². The molecule has 1 aliphatic heterocycles. The van der Waals surface area contributed by atoms with Gasteiger partial charge >= 0.3 is 0 Å². The summed E-state index contributed by atoms with van der Waals surface area (Å²) >= 11 is 5.92. The zero-order valence-electron chi connectivity index (χ0n) is 14.1. The molecule has 0 bridgehead atoms. The van der Waals surface area contributed by atoms with E-state index in [1.807, 2.05) is 24.3 Å². The summed E-state index contributed by atoms with van der Waals surface area (Å²) in [5, 5.41) is 11.2. The smallest absolute Gasteiger partial charge is 0.0916 e. The number of β-amino-alcohol motifs (C(OH)–C–C–N with tert-alkyl or cyclic N) is 1. The van der Waals surface area contributed by atoms with Crippen molar-refractivity contribution in [1.82, 2.24) is 4.90 Å². The lowest BCUT2D eigenvalue weighted by atomic mass is 9.91. The van der Waals surface area contributed by atoms with E-state index in [-0.39, 0.29) is 0 Å². The summed E-state index contributed by atoms with van der Waals surface area (Å²) < 4.78 is 0. The predicted molar refractivity (Wildman–Crippen MR) is 100 cm³/mol. The zero-order chi connectivity index (χ0) is 16.8. The first kappa shape index (κ1) is 17.5. The second-order valence-corrected chi connectivity index (χ2v) is 7.30. The number of aliphatic hydroxyl groups excluding tert-OH is 1. The molecule has 2 nitrogen and oxygen atoms in total. The highest BCUT2D eigenvalue weighted by Gasteiger charge is 2.22. The maximum absolute atomic E-state index is 10.5. The van der Waals surface area contributed by atoms with Crippen molar-refractivity contribution in [3.8, 4) is 0 Å². The number of aliphatic hydroxyl groups is 1. The van der Waals surface area contributed by atoms with Gasteiger partial charge in [-0.1, -0.05) is 54.1 Å². The molecule has 1 N–H and O–H groups in total. The van der Waals surface area contributed by atoms with Crippen LogP contribution in [0.3, 0.4) is 0 Å². The summed E-state index contributed by atoms with van der Waals surface area (Å²) in [6, 6.07) is 18.3. The van der Waals surface area contributed by atoms with Gasteiger partial charge in [0.1, 0.15) is 0 Å². The number of halogens is 1. The second-order valence-electron chi connectivity index (χ2n) is 6.86. The first-order chi connectivity index (χ1) is 11.7. The zero-order valence-corrected chi connectivity index (χ0v) is 14.8. The van der Waals surface area contributed by atoms with Gasteiger partial charge < -0.3 is 10.0 Å². The first-order valence-electron chi connectivity index (χ1n) is 8.90. The maximum atomic E-state index is 10.5. The molecule has 1 fully saturated rings. The summed E-state index contributed by atoms with van der Waals surface area (Å²) in [5.41, 5.74) is 2.38. The van der Waals surface area contributed by atoms with Crippen LogP contribution in [0.4, 0.5) is 0 Å². The third-order valence-corrected chi connectivity index (χ3v) is 5.23. The van der Waals surface area contributed by atoms with E-state index in [9.17, 15) is 5.11 Å². The van der Waals surface area contributed by atoms with Crippen molar-refractivity contribution < 1.29 is 5.11 Å². The molecule has 2 atom stereocenters. The Kier molecular flexibility index (Phi) is 6.30. The molecule has 2 aromatic rings. The van der Waals surface area contributed by atoms with E-state index in [1.54, 1.807) is 0 Å². The third-order valence-electron chi connectivity index (χ3n) is 4.97. The monoisotopic (exact) mass is 343 g/mol. The Balaban J connectivity index is 1.49. The summed E-state index contributed by atoms with van der Waals surface area (Å²) in [5.74, 6) is 0.733. The summed E-state index contributed by atoms with van der Waals surface area (Å²) in [6.45, 7) is 2.90. The van der Waals surface area contributed by atoms with Gasteiger partial charge in [-0.3, -0.25) is 0 Å². The van der Waals surface area contributed by atoms with Crippen molar-refractivity contribution in [3.63, 3.8) is 0 Å². The van der Waals surface area contributed by atoms with Gasteiger partial charge in [0.2, 0.25) is 0 Å². The van der Waals surface area contributed by atoms with Gasteiger partial charge in [0.25, 0.3) is 0 Å². The van der Waals surface area contributed by atoms with Crippen LogP contribution in [0.5, 0.6) is 0 Å². The van der Waals surface area contributed by atoms with E-state index in [4.69, 9.17) is 11.6 Å². The molecule has 24 heavy (non-hydrogen) atoms. The maximum Gasteiger partial charge on any atom is 0.0916 e. The highest BCUT2D eigenvalue weighted by atomic mass is 35.5. The van der Waals surface area contributed by atoms with Crippen molar-refractivity contribution in [1.29, 1.82) is 0 Å². The summed E-state index contributed by atoms with van der Waals surface area (Å²) in [6.07, 6.45) is 4.49. The van der Waals surface area contributed by atoms with Crippen molar-refractivity contribution in [2.75, 3.05) is 19.6 Å². The van der Waals surface area contributed by atoms with E-state index < -0.39 is 6.10 Å². The normalized spacial score (nSPS) is 20.0. The summed E-state index contributed by atoms with van der Waals surface area (Å²) in [4.78, 5) is 2.42. The fourth-order valence-corrected chi connectivity index (χ4v) is 3.73. The standard InChI is InChI=1S/C21H26ClNO/c22-20-12-10-19(11-13-20)21(24)16-23-14-4-7-18(15-23)9-8-17-5-2-1-3-6-17/h1-3,5-6,10-13,18,21,24H,4,7-9,14-16H2. The number of nitrogens with zero attached hydrogens (tertiary/aromatic N) is 1. The van der Waals surface area contributed by atoms with Crippen molar-refractivity contribution in [2.45, 2.75) is 31.8 Å².